The average Bonchev–Trinajstić information content (AvgIpc) is 2.69. The van der Waals surface area contributed by atoms with Crippen LogP contribution in [0.5, 0.6) is 0 Å². The summed E-state index contributed by atoms with van der Waals surface area (Å²) in [6, 6.07) is 18.6. The van der Waals surface area contributed by atoms with E-state index in [4.69, 9.17) is 11.6 Å². The Hall–Kier alpha value is -2.85. The minimum absolute atomic E-state index is 0.604. The van der Waals surface area contributed by atoms with E-state index < -0.39 is 0 Å². The van der Waals surface area contributed by atoms with Gasteiger partial charge < -0.3 is 9.80 Å². The molecule has 3 aromatic rings. The molecule has 0 N–H and O–H groups in total. The molecule has 0 spiro atoms. The highest BCUT2D eigenvalue weighted by Gasteiger charge is 2.14. The normalized spacial score (nSPS) is 10.4. The van der Waals surface area contributed by atoms with E-state index in [2.05, 4.69) is 68.3 Å². The third-order valence-corrected chi connectivity index (χ3v) is 4.75. The van der Waals surface area contributed by atoms with E-state index in [-0.39, 0.29) is 0 Å². The first-order valence-corrected chi connectivity index (χ1v) is 9.07. The van der Waals surface area contributed by atoms with Crippen molar-refractivity contribution in [3.05, 3.63) is 83.9 Å². The molecule has 0 saturated heterocycles. The molecule has 0 bridgehead atoms. The molecule has 0 radical (unpaired) electrons. The van der Waals surface area contributed by atoms with Crippen LogP contribution in [0, 0.1) is 0 Å². The Bertz CT molecular complexity index is 861. The third-order valence-electron chi connectivity index (χ3n) is 4.37. The fraction of sp³-hybridized carbons (Fsp3) is 0.182. The molecule has 0 aliphatic carbocycles. The molecule has 1 aromatic heterocycles. The van der Waals surface area contributed by atoms with E-state index in [0.717, 1.165) is 28.1 Å². The number of nitrogens with zero attached hydrogens (tertiary/aromatic N) is 4. The van der Waals surface area contributed by atoms with Crippen molar-refractivity contribution in [2.24, 2.45) is 0 Å². The predicted octanol–water partition coefficient (Wildman–Crippen LogP) is 4.76. The number of hydrogen-bond donors (Lipinski definition) is 0. The molecule has 0 unspecified atom stereocenters. The highest BCUT2D eigenvalue weighted by molar-refractivity contribution is 6.53. The van der Waals surface area contributed by atoms with E-state index in [9.17, 15) is 0 Å². The zero-order valence-electron chi connectivity index (χ0n) is 16.0. The van der Waals surface area contributed by atoms with Gasteiger partial charge in [0.1, 0.15) is 6.33 Å². The Morgan fingerprint density at radius 1 is 0.741 bits per heavy atom. The van der Waals surface area contributed by atoms with Crippen molar-refractivity contribution in [1.82, 2.24) is 9.97 Å². The van der Waals surface area contributed by atoms with Gasteiger partial charge in [0, 0.05) is 51.3 Å². The van der Waals surface area contributed by atoms with E-state index in [1.54, 1.807) is 6.20 Å². The molecule has 0 aliphatic heterocycles. The van der Waals surface area contributed by atoms with Crippen LogP contribution >= 0.6 is 11.6 Å². The summed E-state index contributed by atoms with van der Waals surface area (Å²) in [5.41, 5.74) is 6.02. The second-order valence-corrected chi connectivity index (χ2v) is 7.04. The molecular weight excluding hydrogens is 356 g/mol. The maximum atomic E-state index is 6.81. The summed E-state index contributed by atoms with van der Waals surface area (Å²) in [5, 5.41) is 0.604. The molecule has 1 heterocycles. The van der Waals surface area contributed by atoms with Crippen LogP contribution in [0.25, 0.3) is 10.6 Å². The van der Waals surface area contributed by atoms with Crippen LogP contribution in [-0.4, -0.2) is 38.2 Å². The van der Waals surface area contributed by atoms with Crippen molar-refractivity contribution in [3.8, 4) is 0 Å². The van der Waals surface area contributed by atoms with Crippen molar-refractivity contribution in [2.45, 2.75) is 0 Å². The number of hydrogen-bond acceptors (Lipinski definition) is 4. The number of anilines is 2. The van der Waals surface area contributed by atoms with Gasteiger partial charge in [-0.15, -0.1) is 0 Å². The molecule has 2 aromatic carbocycles. The zero-order chi connectivity index (χ0) is 19.4. The van der Waals surface area contributed by atoms with Gasteiger partial charge in [-0.25, -0.2) is 9.97 Å². The summed E-state index contributed by atoms with van der Waals surface area (Å²) in [4.78, 5) is 12.5. The summed E-state index contributed by atoms with van der Waals surface area (Å²) in [5.74, 6) is 0. The lowest BCUT2D eigenvalue weighted by molar-refractivity contribution is 1.13. The van der Waals surface area contributed by atoms with Crippen molar-refractivity contribution in [1.29, 1.82) is 0 Å². The molecule has 0 atom stereocenters. The lowest BCUT2D eigenvalue weighted by Crippen LogP contribution is -2.08. The number of halogens is 1. The Kier molecular flexibility index (Phi) is 5.77. The Morgan fingerprint density at radius 3 is 1.59 bits per heavy atom. The summed E-state index contributed by atoms with van der Waals surface area (Å²) in [6.45, 7) is 0. The van der Waals surface area contributed by atoms with E-state index in [0.29, 0.717) is 10.7 Å². The van der Waals surface area contributed by atoms with Gasteiger partial charge in [-0.2, -0.15) is 0 Å². The molecule has 0 amide bonds. The van der Waals surface area contributed by atoms with Gasteiger partial charge in [0.15, 0.2) is 0 Å². The smallest absolute Gasteiger partial charge is 0.116 e. The predicted molar refractivity (Wildman–Crippen MR) is 115 cm³/mol. The van der Waals surface area contributed by atoms with Crippen molar-refractivity contribution in [2.75, 3.05) is 38.0 Å². The molecule has 5 heteroatoms. The highest BCUT2D eigenvalue weighted by atomic mass is 35.5. The molecule has 138 valence electrons. The monoisotopic (exact) mass is 378 g/mol. The second kappa shape index (κ2) is 8.23. The molecular formula is C22H23ClN4. The lowest BCUT2D eigenvalue weighted by Gasteiger charge is -2.17. The fourth-order valence-corrected chi connectivity index (χ4v) is 3.15. The van der Waals surface area contributed by atoms with E-state index in [1.165, 1.54) is 6.33 Å². The SMILES string of the molecule is CN(C)c1ccc(C(=C(Cl)c2ccncn2)c2ccc(N(C)C)cc2)cc1. The first-order valence-electron chi connectivity index (χ1n) is 8.69. The minimum atomic E-state index is 0.604. The summed E-state index contributed by atoms with van der Waals surface area (Å²) in [7, 11) is 8.11. The second-order valence-electron chi connectivity index (χ2n) is 6.67. The van der Waals surface area contributed by atoms with Crippen molar-refractivity contribution >= 4 is 33.6 Å². The van der Waals surface area contributed by atoms with E-state index >= 15 is 0 Å². The van der Waals surface area contributed by atoms with Crippen LogP contribution < -0.4 is 9.80 Å². The summed E-state index contributed by atoms with van der Waals surface area (Å²) >= 11 is 6.81. The van der Waals surface area contributed by atoms with Gasteiger partial charge in [0.05, 0.1) is 10.7 Å². The first kappa shape index (κ1) is 18.9. The zero-order valence-corrected chi connectivity index (χ0v) is 16.8. The Labute approximate surface area is 165 Å². The molecule has 3 rings (SSSR count). The quantitative estimate of drug-likeness (QED) is 0.640. The lowest BCUT2D eigenvalue weighted by atomic mass is 9.96. The molecule has 27 heavy (non-hydrogen) atoms. The standard InChI is InChI=1S/C22H23ClN4/c1-26(2)18-9-5-16(6-10-18)21(22(23)20-13-14-24-15-25-20)17-7-11-19(12-8-17)27(3)4/h5-15H,1-4H3. The van der Waals surface area contributed by atoms with Crippen molar-refractivity contribution < 1.29 is 0 Å². The van der Waals surface area contributed by atoms with E-state index in [1.807, 2.05) is 34.3 Å². The van der Waals surface area contributed by atoms with Crippen LogP contribution in [0.1, 0.15) is 16.8 Å². The van der Waals surface area contributed by atoms with Crippen molar-refractivity contribution in [3.63, 3.8) is 0 Å². The average molecular weight is 379 g/mol. The maximum absolute atomic E-state index is 6.81. The molecule has 0 aliphatic rings. The van der Waals surface area contributed by atoms with Crippen LogP contribution in [0.4, 0.5) is 11.4 Å². The number of rotatable bonds is 5. The Balaban J connectivity index is 2.14. The third kappa shape index (κ3) is 4.29. The maximum Gasteiger partial charge on any atom is 0.116 e. The van der Waals surface area contributed by atoms with Gasteiger partial charge in [0.25, 0.3) is 0 Å². The number of aromatic nitrogens is 2. The fourth-order valence-electron chi connectivity index (χ4n) is 2.82. The van der Waals surface area contributed by atoms with Gasteiger partial charge in [-0.05, 0) is 41.5 Å². The van der Waals surface area contributed by atoms with Crippen LogP contribution in [0.15, 0.2) is 67.1 Å². The summed E-state index contributed by atoms with van der Waals surface area (Å²) < 4.78 is 0. The number of benzene rings is 2. The minimum Gasteiger partial charge on any atom is -0.378 e. The van der Waals surface area contributed by atoms with Gasteiger partial charge in [0.2, 0.25) is 0 Å². The van der Waals surface area contributed by atoms with Crippen LogP contribution in [0.2, 0.25) is 0 Å². The largest absolute Gasteiger partial charge is 0.378 e. The van der Waals surface area contributed by atoms with Crippen LogP contribution in [0.3, 0.4) is 0 Å². The molecule has 0 saturated carbocycles. The molecule has 0 fully saturated rings. The van der Waals surface area contributed by atoms with Gasteiger partial charge in [-0.1, -0.05) is 35.9 Å². The highest BCUT2D eigenvalue weighted by Crippen LogP contribution is 2.35. The molecule has 4 nitrogen and oxygen atoms in total. The van der Waals surface area contributed by atoms with Crippen LogP contribution in [-0.2, 0) is 0 Å². The topological polar surface area (TPSA) is 32.3 Å². The first-order chi connectivity index (χ1) is 13.0. The van der Waals surface area contributed by atoms with Gasteiger partial charge >= 0.3 is 0 Å². The Morgan fingerprint density at radius 2 is 1.22 bits per heavy atom. The van der Waals surface area contributed by atoms with Gasteiger partial charge in [-0.3, -0.25) is 0 Å². The summed E-state index contributed by atoms with van der Waals surface area (Å²) in [6.07, 6.45) is 3.21.